The second kappa shape index (κ2) is 8.59. The minimum Gasteiger partial charge on any atom is -0.545 e. The van der Waals surface area contributed by atoms with Crippen molar-refractivity contribution < 1.29 is 23.8 Å². The van der Waals surface area contributed by atoms with Crippen LogP contribution in [-0.2, 0) is 4.79 Å². The third kappa shape index (κ3) is 4.70. The zero-order chi connectivity index (χ0) is 20.8. The molecule has 0 fully saturated rings. The van der Waals surface area contributed by atoms with Crippen LogP contribution in [0.2, 0.25) is 0 Å². The molecule has 2 aromatic carbocycles. The molecule has 1 amide bonds. The van der Waals surface area contributed by atoms with Gasteiger partial charge in [0.2, 0.25) is 0 Å². The van der Waals surface area contributed by atoms with E-state index in [4.69, 9.17) is 9.15 Å². The number of hydrogen-bond acceptors (Lipinski definition) is 6. The summed E-state index contributed by atoms with van der Waals surface area (Å²) in [5.41, 5.74) is 1.09. The summed E-state index contributed by atoms with van der Waals surface area (Å²) in [6.45, 7) is 0. The van der Waals surface area contributed by atoms with E-state index in [0.717, 1.165) is 0 Å². The Hall–Kier alpha value is -4.31. The van der Waals surface area contributed by atoms with Gasteiger partial charge in [-0.25, -0.2) is 0 Å². The number of carbonyl (C=O) groups excluding carboxylic acids is 2. The molecule has 0 aliphatic rings. The molecule has 0 radical (unpaired) electrons. The molecule has 1 N–H and O–H groups in total. The average Bonchev–Trinajstić information content (AvgIpc) is 3.21. The summed E-state index contributed by atoms with van der Waals surface area (Å²) in [5, 5.41) is 22.8. The van der Waals surface area contributed by atoms with Gasteiger partial charge in [0.25, 0.3) is 5.91 Å². The molecule has 144 valence electrons. The van der Waals surface area contributed by atoms with E-state index in [1.165, 1.54) is 18.2 Å². The fourth-order valence-electron chi connectivity index (χ4n) is 2.52. The van der Waals surface area contributed by atoms with E-state index >= 15 is 0 Å². The normalized spacial score (nSPS) is 10.8. The second-order valence-electron chi connectivity index (χ2n) is 5.92. The second-order valence-corrected chi connectivity index (χ2v) is 5.92. The van der Waals surface area contributed by atoms with Gasteiger partial charge in [-0.3, -0.25) is 4.79 Å². The van der Waals surface area contributed by atoms with E-state index < -0.39 is 11.9 Å². The van der Waals surface area contributed by atoms with Crippen molar-refractivity contribution in [2.24, 2.45) is 0 Å². The number of hydrogen-bond donors (Lipinski definition) is 1. The number of ether oxygens (including phenoxy) is 1. The molecule has 3 aromatic rings. The number of amides is 1. The highest BCUT2D eigenvalue weighted by atomic mass is 16.5. The van der Waals surface area contributed by atoms with Gasteiger partial charge in [0.1, 0.15) is 28.9 Å². The number of nitrogens with zero attached hydrogens (tertiary/aromatic N) is 1. The number of nitrogens with one attached hydrogen (secondary N) is 1. The average molecular weight is 387 g/mol. The van der Waals surface area contributed by atoms with Crippen molar-refractivity contribution in [2.75, 3.05) is 12.4 Å². The lowest BCUT2D eigenvalue weighted by molar-refractivity contribution is -0.255. The highest BCUT2D eigenvalue weighted by molar-refractivity contribution is 6.09. The number of nitriles is 1. The Balaban J connectivity index is 1.76. The number of carbonyl (C=O) groups is 2. The molecule has 0 aliphatic heterocycles. The Labute approximate surface area is 166 Å². The molecule has 1 aromatic heterocycles. The quantitative estimate of drug-likeness (QED) is 0.514. The molecule has 29 heavy (non-hydrogen) atoms. The van der Waals surface area contributed by atoms with Gasteiger partial charge in [0, 0.05) is 17.3 Å². The molecule has 0 spiro atoms. The van der Waals surface area contributed by atoms with Crippen LogP contribution in [0, 0.1) is 11.3 Å². The van der Waals surface area contributed by atoms with Crippen LogP contribution in [0.25, 0.3) is 17.4 Å². The number of aromatic carboxylic acids is 1. The van der Waals surface area contributed by atoms with Gasteiger partial charge in [-0.05, 0) is 42.0 Å². The van der Waals surface area contributed by atoms with Gasteiger partial charge in [-0.15, -0.1) is 0 Å². The number of furan rings is 1. The van der Waals surface area contributed by atoms with Crippen molar-refractivity contribution in [3.8, 4) is 23.1 Å². The zero-order valence-corrected chi connectivity index (χ0v) is 15.3. The van der Waals surface area contributed by atoms with E-state index in [-0.39, 0.29) is 11.1 Å². The first kappa shape index (κ1) is 19.5. The van der Waals surface area contributed by atoms with E-state index in [1.807, 2.05) is 6.07 Å². The fraction of sp³-hybridized carbons (Fsp3) is 0.0455. The van der Waals surface area contributed by atoms with Crippen molar-refractivity contribution in [1.29, 1.82) is 5.26 Å². The number of carboxylic acid groups (broad SMARTS) is 1. The number of methoxy groups -OCH3 is 1. The van der Waals surface area contributed by atoms with Gasteiger partial charge in [0.15, 0.2) is 0 Å². The molecule has 0 saturated heterocycles. The van der Waals surface area contributed by atoms with Crippen LogP contribution in [0.3, 0.4) is 0 Å². The number of benzene rings is 2. The Morgan fingerprint density at radius 1 is 1.07 bits per heavy atom. The summed E-state index contributed by atoms with van der Waals surface area (Å²) in [5.74, 6) is -0.413. The first-order valence-corrected chi connectivity index (χ1v) is 8.49. The largest absolute Gasteiger partial charge is 0.545 e. The molecular formula is C22H15N2O5-. The highest BCUT2D eigenvalue weighted by Crippen LogP contribution is 2.24. The lowest BCUT2D eigenvalue weighted by Crippen LogP contribution is -2.21. The van der Waals surface area contributed by atoms with Crippen LogP contribution in [-0.4, -0.2) is 19.0 Å². The van der Waals surface area contributed by atoms with Gasteiger partial charge in [0.05, 0.1) is 13.1 Å². The summed E-state index contributed by atoms with van der Waals surface area (Å²) in [4.78, 5) is 23.2. The van der Waals surface area contributed by atoms with E-state index in [2.05, 4.69) is 5.32 Å². The summed E-state index contributed by atoms with van der Waals surface area (Å²) < 4.78 is 10.7. The van der Waals surface area contributed by atoms with Crippen molar-refractivity contribution in [2.45, 2.75) is 0 Å². The topological polar surface area (TPSA) is 115 Å². The number of carboxylic acids is 1. The van der Waals surface area contributed by atoms with Crippen LogP contribution in [0.15, 0.2) is 70.7 Å². The van der Waals surface area contributed by atoms with Crippen LogP contribution in [0.1, 0.15) is 16.1 Å². The number of anilines is 1. The molecule has 0 atom stereocenters. The van der Waals surface area contributed by atoms with E-state index in [1.54, 1.807) is 55.6 Å². The molecule has 3 rings (SSSR count). The van der Waals surface area contributed by atoms with Gasteiger partial charge < -0.3 is 24.4 Å². The number of rotatable bonds is 6. The Kier molecular flexibility index (Phi) is 5.76. The summed E-state index contributed by atoms with van der Waals surface area (Å²) in [7, 11) is 1.54. The fourth-order valence-corrected chi connectivity index (χ4v) is 2.52. The monoisotopic (exact) mass is 387 g/mol. The van der Waals surface area contributed by atoms with Gasteiger partial charge in [-0.1, -0.05) is 24.3 Å². The molecule has 7 heteroatoms. The zero-order valence-electron chi connectivity index (χ0n) is 15.3. The SMILES string of the molecule is COc1ccc(NC(=O)/C(C#N)=C\c2ccc(-c3ccc(C(=O)[O-])cc3)o2)cc1. The first-order chi connectivity index (χ1) is 14.0. The Morgan fingerprint density at radius 3 is 2.34 bits per heavy atom. The summed E-state index contributed by atoms with van der Waals surface area (Å²) >= 11 is 0. The van der Waals surface area contributed by atoms with Gasteiger partial charge >= 0.3 is 0 Å². The Morgan fingerprint density at radius 2 is 1.76 bits per heavy atom. The van der Waals surface area contributed by atoms with Crippen LogP contribution < -0.4 is 15.2 Å². The standard InChI is InChI=1S/C22H16N2O5/c1-28-18-8-6-17(7-9-18)24-21(25)16(13-23)12-19-10-11-20(29-19)14-2-4-15(5-3-14)22(26)27/h2-12H,1H3,(H,24,25)(H,26,27)/p-1/b16-12-. The van der Waals surface area contributed by atoms with Crippen molar-refractivity contribution in [3.05, 3.63) is 77.6 Å². The molecule has 0 unspecified atom stereocenters. The lowest BCUT2D eigenvalue weighted by Gasteiger charge is -2.05. The maximum absolute atomic E-state index is 12.3. The third-order valence-corrected chi connectivity index (χ3v) is 4.03. The molecule has 0 saturated carbocycles. The molecule has 7 nitrogen and oxygen atoms in total. The van der Waals surface area contributed by atoms with Crippen LogP contribution in [0.4, 0.5) is 5.69 Å². The maximum Gasteiger partial charge on any atom is 0.266 e. The van der Waals surface area contributed by atoms with Crippen LogP contribution >= 0.6 is 0 Å². The highest BCUT2D eigenvalue weighted by Gasteiger charge is 2.12. The predicted molar refractivity (Wildman–Crippen MR) is 104 cm³/mol. The smallest absolute Gasteiger partial charge is 0.266 e. The third-order valence-electron chi connectivity index (χ3n) is 4.03. The molecule has 0 aliphatic carbocycles. The van der Waals surface area contributed by atoms with Crippen LogP contribution in [0.5, 0.6) is 5.75 Å². The predicted octanol–water partition coefficient (Wildman–Crippen LogP) is 2.86. The minimum atomic E-state index is -1.26. The Bertz CT molecular complexity index is 1100. The van der Waals surface area contributed by atoms with E-state index in [9.17, 15) is 20.0 Å². The first-order valence-electron chi connectivity index (χ1n) is 8.49. The summed E-state index contributed by atoms with van der Waals surface area (Å²) in [6, 6.07) is 17.8. The molecular weight excluding hydrogens is 372 g/mol. The maximum atomic E-state index is 12.3. The van der Waals surface area contributed by atoms with Gasteiger partial charge in [-0.2, -0.15) is 5.26 Å². The van der Waals surface area contributed by atoms with Crippen molar-refractivity contribution in [3.63, 3.8) is 0 Å². The van der Waals surface area contributed by atoms with Crippen molar-refractivity contribution in [1.82, 2.24) is 0 Å². The molecule has 0 bridgehead atoms. The molecule has 1 heterocycles. The van der Waals surface area contributed by atoms with Crippen molar-refractivity contribution >= 4 is 23.6 Å². The lowest BCUT2D eigenvalue weighted by atomic mass is 10.1. The van der Waals surface area contributed by atoms with E-state index in [0.29, 0.717) is 28.5 Å². The summed E-state index contributed by atoms with van der Waals surface area (Å²) in [6.07, 6.45) is 1.33. The minimum absolute atomic E-state index is 0.0578.